The average molecular weight is 459 g/mol. The van der Waals surface area contributed by atoms with E-state index in [4.69, 9.17) is 9.47 Å². The van der Waals surface area contributed by atoms with E-state index in [9.17, 15) is 14.6 Å². The number of rotatable bonds is 5. The minimum atomic E-state index is -0.561. The van der Waals surface area contributed by atoms with Crippen molar-refractivity contribution in [1.82, 2.24) is 0 Å². The summed E-state index contributed by atoms with van der Waals surface area (Å²) >= 11 is 3.39. The van der Waals surface area contributed by atoms with E-state index >= 15 is 0 Å². The number of ether oxygens (including phenoxy) is 2. The van der Waals surface area contributed by atoms with Crippen molar-refractivity contribution < 1.29 is 24.1 Å². The van der Waals surface area contributed by atoms with Gasteiger partial charge in [-0.2, -0.15) is 11.8 Å². The van der Waals surface area contributed by atoms with Gasteiger partial charge < -0.3 is 19.7 Å². The predicted molar refractivity (Wildman–Crippen MR) is 126 cm³/mol. The molecule has 3 unspecified atom stereocenters. The molecule has 30 heavy (non-hydrogen) atoms. The van der Waals surface area contributed by atoms with Crippen LogP contribution in [0.25, 0.3) is 0 Å². The van der Waals surface area contributed by atoms with E-state index in [1.807, 2.05) is 45.4 Å². The lowest BCUT2D eigenvalue weighted by molar-refractivity contribution is -0.114. The van der Waals surface area contributed by atoms with Crippen molar-refractivity contribution >= 4 is 23.1 Å². The van der Waals surface area contributed by atoms with Gasteiger partial charge in [0.05, 0.1) is 32.0 Å². The summed E-state index contributed by atoms with van der Waals surface area (Å²) < 4.78 is 25.7. The molecule has 1 fully saturated rings. The SMILES string of the molecule is CC.COc1cc(F)c(Cc2ccc(C)s2)cc1C1CC(O)CC(CO)O1.CSC. The fourth-order valence-electron chi connectivity index (χ4n) is 3.26. The van der Waals surface area contributed by atoms with Gasteiger partial charge in [0.2, 0.25) is 0 Å². The van der Waals surface area contributed by atoms with Gasteiger partial charge in [-0.05, 0) is 43.2 Å². The Morgan fingerprint density at radius 2 is 1.90 bits per heavy atom. The van der Waals surface area contributed by atoms with Crippen LogP contribution in [-0.4, -0.2) is 48.6 Å². The number of halogens is 1. The summed E-state index contributed by atoms with van der Waals surface area (Å²) in [5, 5.41) is 19.4. The van der Waals surface area contributed by atoms with Crippen LogP contribution < -0.4 is 4.74 Å². The molecule has 3 atom stereocenters. The maximum absolute atomic E-state index is 14.5. The van der Waals surface area contributed by atoms with E-state index in [-0.39, 0.29) is 12.4 Å². The molecule has 0 bridgehead atoms. The number of benzene rings is 1. The molecule has 2 aromatic rings. The Morgan fingerprint density at radius 3 is 2.43 bits per heavy atom. The zero-order chi connectivity index (χ0) is 22.7. The van der Waals surface area contributed by atoms with Gasteiger partial charge in [0.25, 0.3) is 0 Å². The van der Waals surface area contributed by atoms with Crippen LogP contribution in [0.1, 0.15) is 53.7 Å². The van der Waals surface area contributed by atoms with Crippen LogP contribution in [0.4, 0.5) is 4.39 Å². The highest BCUT2D eigenvalue weighted by molar-refractivity contribution is 7.97. The number of aliphatic hydroxyl groups excluding tert-OH is 2. The minimum Gasteiger partial charge on any atom is -0.496 e. The Morgan fingerprint density at radius 1 is 1.23 bits per heavy atom. The van der Waals surface area contributed by atoms with Crippen molar-refractivity contribution in [3.8, 4) is 5.75 Å². The second-order valence-corrected chi connectivity index (χ2v) is 9.03. The van der Waals surface area contributed by atoms with Crippen molar-refractivity contribution in [2.75, 3.05) is 26.2 Å². The van der Waals surface area contributed by atoms with Crippen molar-refractivity contribution in [3.05, 3.63) is 51.0 Å². The van der Waals surface area contributed by atoms with Crippen LogP contribution in [-0.2, 0) is 11.2 Å². The topological polar surface area (TPSA) is 58.9 Å². The third kappa shape index (κ3) is 7.85. The predicted octanol–water partition coefficient (Wildman–Crippen LogP) is 5.37. The molecule has 2 heterocycles. The lowest BCUT2D eigenvalue weighted by Gasteiger charge is -2.33. The summed E-state index contributed by atoms with van der Waals surface area (Å²) in [6, 6.07) is 7.17. The number of aliphatic hydroxyl groups is 2. The molecule has 0 aliphatic carbocycles. The van der Waals surface area contributed by atoms with Gasteiger partial charge in [0.15, 0.2) is 0 Å². The first kappa shape index (κ1) is 26.9. The van der Waals surface area contributed by atoms with Crippen LogP contribution in [0.2, 0.25) is 0 Å². The molecule has 3 rings (SSSR count). The van der Waals surface area contributed by atoms with Gasteiger partial charge in [-0.15, -0.1) is 11.3 Å². The van der Waals surface area contributed by atoms with E-state index in [0.29, 0.717) is 36.1 Å². The minimum absolute atomic E-state index is 0.154. The highest BCUT2D eigenvalue weighted by atomic mass is 32.2. The number of hydrogen-bond donors (Lipinski definition) is 2. The Hall–Kier alpha value is -1.12. The normalized spacial score (nSPS) is 20.5. The summed E-state index contributed by atoms with van der Waals surface area (Å²) in [4.78, 5) is 2.28. The Labute approximate surface area is 188 Å². The molecule has 1 aromatic carbocycles. The van der Waals surface area contributed by atoms with Gasteiger partial charge in [-0.3, -0.25) is 0 Å². The quantitative estimate of drug-likeness (QED) is 0.630. The van der Waals surface area contributed by atoms with Crippen LogP contribution >= 0.6 is 23.1 Å². The Balaban J connectivity index is 0.000000826. The van der Waals surface area contributed by atoms with Gasteiger partial charge in [-0.25, -0.2) is 4.39 Å². The fraction of sp³-hybridized carbons (Fsp3) is 0.565. The Kier molecular flexibility index (Phi) is 12.6. The molecule has 170 valence electrons. The van der Waals surface area contributed by atoms with Gasteiger partial charge >= 0.3 is 0 Å². The van der Waals surface area contributed by atoms with Crippen molar-refractivity contribution in [2.24, 2.45) is 0 Å². The van der Waals surface area contributed by atoms with Gasteiger partial charge in [0.1, 0.15) is 11.6 Å². The fourth-order valence-corrected chi connectivity index (χ4v) is 4.17. The molecule has 1 aromatic heterocycles. The van der Waals surface area contributed by atoms with Crippen molar-refractivity contribution in [3.63, 3.8) is 0 Å². The zero-order valence-electron chi connectivity index (χ0n) is 18.8. The molecule has 0 saturated carbocycles. The summed E-state index contributed by atoms with van der Waals surface area (Å²) in [5.74, 6) is 0.0844. The van der Waals surface area contributed by atoms with Crippen LogP contribution in [0.5, 0.6) is 5.75 Å². The average Bonchev–Trinajstić information content (AvgIpc) is 3.15. The number of hydrogen-bond acceptors (Lipinski definition) is 6. The largest absolute Gasteiger partial charge is 0.496 e. The van der Waals surface area contributed by atoms with Gasteiger partial charge in [0, 0.05) is 40.6 Å². The second-order valence-electron chi connectivity index (χ2n) is 6.84. The smallest absolute Gasteiger partial charge is 0.130 e. The van der Waals surface area contributed by atoms with Crippen molar-refractivity contribution in [2.45, 2.75) is 58.3 Å². The molecule has 1 saturated heterocycles. The summed E-state index contributed by atoms with van der Waals surface area (Å²) in [6.45, 7) is 5.87. The van der Waals surface area contributed by atoms with Crippen LogP contribution in [0, 0.1) is 12.7 Å². The monoisotopic (exact) mass is 458 g/mol. The number of thiophene rings is 1. The maximum Gasteiger partial charge on any atom is 0.130 e. The first-order chi connectivity index (χ1) is 14.4. The summed E-state index contributed by atoms with van der Waals surface area (Å²) in [6.07, 6.45) is 3.97. The molecule has 0 spiro atoms. The molecule has 7 heteroatoms. The molecular weight excluding hydrogens is 423 g/mol. The molecular formula is C23H35FO4S2. The standard InChI is InChI=1S/C19H23FO4S.C2H6S.C2H6/c1-11-3-4-15(25-11)5-12-6-16(18(23-2)9-17(12)20)19-8-13(22)7-14(10-21)24-19;1-3-2;1-2/h3-4,6,9,13-14,19,21-22H,5,7-8,10H2,1-2H3;1-2H3;1-2H3. The zero-order valence-corrected chi connectivity index (χ0v) is 20.4. The number of methoxy groups -OCH3 is 1. The molecule has 2 N–H and O–H groups in total. The van der Waals surface area contributed by atoms with Crippen LogP contribution in [0.15, 0.2) is 24.3 Å². The molecule has 4 nitrogen and oxygen atoms in total. The third-order valence-corrected chi connectivity index (χ3v) is 5.49. The number of aryl methyl sites for hydroxylation is 1. The first-order valence-corrected chi connectivity index (χ1v) is 12.6. The van der Waals surface area contributed by atoms with E-state index in [0.717, 1.165) is 4.88 Å². The van der Waals surface area contributed by atoms with Crippen molar-refractivity contribution in [1.29, 1.82) is 0 Å². The maximum atomic E-state index is 14.5. The third-order valence-electron chi connectivity index (χ3n) is 4.49. The van der Waals surface area contributed by atoms with Gasteiger partial charge in [-0.1, -0.05) is 13.8 Å². The molecule has 1 aliphatic rings. The first-order valence-electron chi connectivity index (χ1n) is 10.2. The van der Waals surface area contributed by atoms with E-state index in [1.165, 1.54) is 18.1 Å². The molecule has 0 radical (unpaired) electrons. The lowest BCUT2D eigenvalue weighted by atomic mass is 9.93. The second kappa shape index (κ2) is 14.0. The molecule has 1 aliphatic heterocycles. The highest BCUT2D eigenvalue weighted by Gasteiger charge is 2.31. The van der Waals surface area contributed by atoms with E-state index in [1.54, 1.807) is 29.2 Å². The summed E-state index contributed by atoms with van der Waals surface area (Å²) in [7, 11) is 1.49. The van der Waals surface area contributed by atoms with E-state index in [2.05, 4.69) is 0 Å². The van der Waals surface area contributed by atoms with E-state index < -0.39 is 18.3 Å². The summed E-state index contributed by atoms with van der Waals surface area (Å²) in [5.41, 5.74) is 1.28. The highest BCUT2D eigenvalue weighted by Crippen LogP contribution is 2.38. The Bertz CT molecular complexity index is 751. The molecule has 0 amide bonds. The van der Waals surface area contributed by atoms with Crippen LogP contribution in [0.3, 0.4) is 0 Å². The lowest BCUT2D eigenvalue weighted by Crippen LogP contribution is -2.33. The number of thioether (sulfide) groups is 1.